The number of amides is 2. The van der Waals surface area contributed by atoms with Crippen molar-refractivity contribution in [1.29, 1.82) is 0 Å². The Bertz CT molecular complexity index is 695. The predicted molar refractivity (Wildman–Crippen MR) is 101 cm³/mol. The van der Waals surface area contributed by atoms with Crippen molar-refractivity contribution in [2.24, 2.45) is 11.3 Å². The number of piperidine rings is 1. The Morgan fingerprint density at radius 1 is 1.22 bits per heavy atom. The molecule has 6 heteroatoms. The molecule has 2 aliphatic heterocycles. The van der Waals surface area contributed by atoms with Gasteiger partial charge >= 0.3 is 0 Å². The molecule has 1 aromatic rings. The molecule has 3 fully saturated rings. The van der Waals surface area contributed by atoms with Crippen LogP contribution in [0.5, 0.6) is 0 Å². The topological polar surface area (TPSA) is 66.7 Å². The van der Waals surface area contributed by atoms with Crippen LogP contribution < -0.4 is 0 Å². The van der Waals surface area contributed by atoms with Crippen LogP contribution in [-0.2, 0) is 4.79 Å². The zero-order chi connectivity index (χ0) is 18.9. The lowest BCUT2D eigenvalue weighted by Crippen LogP contribution is -2.50. The van der Waals surface area contributed by atoms with E-state index in [2.05, 4.69) is 10.1 Å². The molecular formula is C21H31N3O3. The number of hydrogen-bond donors (Lipinski definition) is 0. The van der Waals surface area contributed by atoms with E-state index in [4.69, 9.17) is 4.52 Å². The van der Waals surface area contributed by atoms with Crippen LogP contribution in [0.4, 0.5) is 0 Å². The highest BCUT2D eigenvalue weighted by Crippen LogP contribution is 2.41. The van der Waals surface area contributed by atoms with Crippen molar-refractivity contribution in [2.45, 2.75) is 64.7 Å². The molecule has 148 valence electrons. The molecule has 2 amide bonds. The highest BCUT2D eigenvalue weighted by atomic mass is 16.5. The molecule has 3 aliphatic rings. The highest BCUT2D eigenvalue weighted by Gasteiger charge is 2.49. The summed E-state index contributed by atoms with van der Waals surface area (Å²) in [6.07, 6.45) is 10.6. The largest absolute Gasteiger partial charge is 0.361 e. The van der Waals surface area contributed by atoms with Gasteiger partial charge in [-0.1, -0.05) is 37.3 Å². The van der Waals surface area contributed by atoms with Crippen molar-refractivity contribution in [3.05, 3.63) is 17.5 Å². The summed E-state index contributed by atoms with van der Waals surface area (Å²) in [6.45, 7) is 4.71. The van der Waals surface area contributed by atoms with Gasteiger partial charge in [0.2, 0.25) is 5.91 Å². The van der Waals surface area contributed by atoms with Crippen LogP contribution in [0, 0.1) is 18.3 Å². The molecule has 27 heavy (non-hydrogen) atoms. The van der Waals surface area contributed by atoms with E-state index in [1.165, 1.54) is 32.1 Å². The molecule has 1 aromatic heterocycles. The van der Waals surface area contributed by atoms with E-state index in [-0.39, 0.29) is 17.2 Å². The van der Waals surface area contributed by atoms with Gasteiger partial charge in [0.15, 0.2) is 5.69 Å². The Morgan fingerprint density at radius 2 is 2.04 bits per heavy atom. The second-order valence-electron chi connectivity index (χ2n) is 8.77. The van der Waals surface area contributed by atoms with Crippen molar-refractivity contribution in [3.8, 4) is 0 Å². The third-order valence-electron chi connectivity index (χ3n) is 6.84. The van der Waals surface area contributed by atoms with Gasteiger partial charge in [0.25, 0.3) is 5.91 Å². The number of likely N-dealkylation sites (tertiary alicyclic amines) is 2. The van der Waals surface area contributed by atoms with Crippen LogP contribution in [0.25, 0.3) is 0 Å². The van der Waals surface area contributed by atoms with Crippen molar-refractivity contribution < 1.29 is 14.1 Å². The first-order valence-electron chi connectivity index (χ1n) is 10.6. The van der Waals surface area contributed by atoms with Crippen LogP contribution in [0.15, 0.2) is 10.6 Å². The SMILES string of the molecule is Cc1cc(C(=O)N2CC[C@@]3(CCCN(CCC4CCCCC4)C3=O)C2)no1. The minimum atomic E-state index is -0.376. The Balaban J connectivity index is 1.37. The molecule has 2 saturated heterocycles. The molecule has 0 radical (unpaired) electrons. The van der Waals surface area contributed by atoms with E-state index in [0.29, 0.717) is 24.5 Å². The first-order valence-corrected chi connectivity index (χ1v) is 10.6. The van der Waals surface area contributed by atoms with Crippen LogP contribution in [-0.4, -0.2) is 52.9 Å². The molecular weight excluding hydrogens is 342 g/mol. The van der Waals surface area contributed by atoms with Crippen LogP contribution >= 0.6 is 0 Å². The number of hydrogen-bond acceptors (Lipinski definition) is 4. The smallest absolute Gasteiger partial charge is 0.276 e. The van der Waals surface area contributed by atoms with E-state index in [1.54, 1.807) is 17.9 Å². The van der Waals surface area contributed by atoms with E-state index < -0.39 is 0 Å². The Morgan fingerprint density at radius 3 is 2.78 bits per heavy atom. The lowest BCUT2D eigenvalue weighted by Gasteiger charge is -2.40. The number of aryl methyl sites for hydroxylation is 1. The van der Waals surface area contributed by atoms with Gasteiger partial charge in [0.1, 0.15) is 5.76 Å². The number of carbonyl (C=O) groups is 2. The van der Waals surface area contributed by atoms with Crippen molar-refractivity contribution >= 4 is 11.8 Å². The first-order chi connectivity index (χ1) is 13.1. The van der Waals surface area contributed by atoms with Gasteiger partial charge in [0.05, 0.1) is 5.41 Å². The lowest BCUT2D eigenvalue weighted by molar-refractivity contribution is -0.145. The van der Waals surface area contributed by atoms with Gasteiger partial charge in [-0.25, -0.2) is 0 Å². The van der Waals surface area contributed by atoms with Crippen molar-refractivity contribution in [2.75, 3.05) is 26.2 Å². The molecule has 0 unspecified atom stereocenters. The minimum Gasteiger partial charge on any atom is -0.361 e. The number of carbonyl (C=O) groups excluding carboxylic acids is 2. The second kappa shape index (κ2) is 7.64. The van der Waals surface area contributed by atoms with Crippen molar-refractivity contribution in [1.82, 2.24) is 15.0 Å². The quantitative estimate of drug-likeness (QED) is 0.811. The first kappa shape index (κ1) is 18.5. The molecule has 3 heterocycles. The summed E-state index contributed by atoms with van der Waals surface area (Å²) < 4.78 is 5.04. The summed E-state index contributed by atoms with van der Waals surface area (Å²) >= 11 is 0. The summed E-state index contributed by atoms with van der Waals surface area (Å²) in [6, 6.07) is 1.67. The fourth-order valence-corrected chi connectivity index (χ4v) is 5.23. The molecule has 0 aromatic carbocycles. The van der Waals surface area contributed by atoms with Crippen molar-refractivity contribution in [3.63, 3.8) is 0 Å². The summed E-state index contributed by atoms with van der Waals surface area (Å²) in [5.74, 6) is 1.59. The monoisotopic (exact) mass is 373 g/mol. The molecule has 0 bridgehead atoms. The predicted octanol–water partition coefficient (Wildman–Crippen LogP) is 3.41. The Hall–Kier alpha value is -1.85. The maximum Gasteiger partial charge on any atom is 0.276 e. The number of rotatable bonds is 4. The second-order valence-corrected chi connectivity index (χ2v) is 8.77. The number of aromatic nitrogens is 1. The van der Waals surface area contributed by atoms with Crippen LogP contribution in [0.1, 0.15) is 74.0 Å². The third-order valence-corrected chi connectivity index (χ3v) is 6.84. The van der Waals surface area contributed by atoms with E-state index in [9.17, 15) is 9.59 Å². The fraction of sp³-hybridized carbons (Fsp3) is 0.762. The number of nitrogens with zero attached hydrogens (tertiary/aromatic N) is 3. The molecule has 6 nitrogen and oxygen atoms in total. The van der Waals surface area contributed by atoms with E-state index in [1.807, 2.05) is 0 Å². The summed E-state index contributed by atoms with van der Waals surface area (Å²) in [7, 11) is 0. The normalized spacial score (nSPS) is 26.9. The highest BCUT2D eigenvalue weighted by molar-refractivity contribution is 5.93. The molecule has 1 atom stereocenters. The van der Waals surface area contributed by atoms with Gasteiger partial charge in [-0.2, -0.15) is 0 Å². The summed E-state index contributed by atoms with van der Waals surface area (Å²) in [4.78, 5) is 29.9. The molecule has 1 aliphatic carbocycles. The standard InChI is InChI=1S/C21H31N3O3/c1-16-14-18(22-27-16)19(25)24-13-10-21(15-24)9-5-11-23(20(21)26)12-8-17-6-3-2-4-7-17/h14,17H,2-13,15H2,1H3/t21-/m0/s1. The third kappa shape index (κ3) is 3.76. The van der Waals surface area contributed by atoms with Gasteiger partial charge in [-0.05, 0) is 38.5 Å². The Labute approximate surface area is 161 Å². The minimum absolute atomic E-state index is 0.115. The maximum absolute atomic E-state index is 13.3. The van der Waals surface area contributed by atoms with E-state index >= 15 is 0 Å². The van der Waals surface area contributed by atoms with Crippen LogP contribution in [0.3, 0.4) is 0 Å². The average molecular weight is 373 g/mol. The molecule has 1 saturated carbocycles. The molecule has 1 spiro atoms. The van der Waals surface area contributed by atoms with Crippen LogP contribution in [0.2, 0.25) is 0 Å². The van der Waals surface area contributed by atoms with Gasteiger partial charge < -0.3 is 14.3 Å². The maximum atomic E-state index is 13.3. The lowest BCUT2D eigenvalue weighted by atomic mass is 9.78. The summed E-state index contributed by atoms with van der Waals surface area (Å²) in [5, 5.41) is 3.85. The van der Waals surface area contributed by atoms with Gasteiger partial charge in [-0.15, -0.1) is 0 Å². The Kier molecular flexibility index (Phi) is 5.24. The zero-order valence-electron chi connectivity index (χ0n) is 16.4. The summed E-state index contributed by atoms with van der Waals surface area (Å²) in [5.41, 5.74) is -0.0267. The molecule has 0 N–H and O–H groups in total. The van der Waals surface area contributed by atoms with Gasteiger partial charge in [0, 0.05) is 32.2 Å². The van der Waals surface area contributed by atoms with E-state index in [0.717, 1.165) is 44.7 Å². The average Bonchev–Trinajstić information content (AvgIpc) is 3.31. The zero-order valence-corrected chi connectivity index (χ0v) is 16.4. The fourth-order valence-electron chi connectivity index (χ4n) is 5.23. The molecule has 4 rings (SSSR count). The van der Waals surface area contributed by atoms with Gasteiger partial charge in [-0.3, -0.25) is 9.59 Å².